The normalized spacial score (nSPS) is 13.8. The van der Waals surface area contributed by atoms with Gasteiger partial charge in [-0.25, -0.2) is 0 Å². The van der Waals surface area contributed by atoms with Crippen molar-refractivity contribution in [3.05, 3.63) is 52.2 Å². The van der Waals surface area contributed by atoms with Gasteiger partial charge in [-0.15, -0.1) is 11.3 Å². The molecule has 0 aliphatic carbocycles. The first-order valence-corrected chi connectivity index (χ1v) is 7.35. The number of carboxylic acids is 1. The molecule has 1 atom stereocenters. The van der Waals surface area contributed by atoms with Crippen LogP contribution in [-0.4, -0.2) is 25.2 Å². The number of hydrogen-bond acceptors (Lipinski definition) is 3. The van der Waals surface area contributed by atoms with Gasteiger partial charge in [0, 0.05) is 24.7 Å². The summed E-state index contributed by atoms with van der Waals surface area (Å²) in [7, 11) is 3.98. The second-order valence-corrected chi connectivity index (χ2v) is 6.30. The van der Waals surface area contributed by atoms with Crippen molar-refractivity contribution in [2.75, 3.05) is 19.0 Å². The molecule has 0 fully saturated rings. The molecule has 0 bridgehead atoms. The Hall–Kier alpha value is -1.81. The van der Waals surface area contributed by atoms with Crippen LogP contribution in [0, 0.1) is 0 Å². The van der Waals surface area contributed by atoms with E-state index in [1.54, 1.807) is 6.92 Å². The predicted octanol–water partition coefficient (Wildman–Crippen LogP) is 3.40. The van der Waals surface area contributed by atoms with Crippen molar-refractivity contribution in [1.82, 2.24) is 0 Å². The van der Waals surface area contributed by atoms with Gasteiger partial charge >= 0.3 is 5.97 Å². The highest BCUT2D eigenvalue weighted by atomic mass is 32.1. The number of aliphatic carboxylic acids is 1. The zero-order valence-electron chi connectivity index (χ0n) is 12.0. The third-order valence-corrected chi connectivity index (χ3v) is 4.68. The summed E-state index contributed by atoms with van der Waals surface area (Å²) in [6.07, 6.45) is 0.497. The molecule has 4 heteroatoms. The summed E-state index contributed by atoms with van der Waals surface area (Å²) in [4.78, 5) is 14.6. The molecular formula is C16H19NO2S. The van der Waals surface area contributed by atoms with E-state index in [1.807, 2.05) is 60.8 Å². The largest absolute Gasteiger partial charge is 0.481 e. The van der Waals surface area contributed by atoms with Crippen molar-refractivity contribution < 1.29 is 9.90 Å². The summed E-state index contributed by atoms with van der Waals surface area (Å²) in [6, 6.07) is 11.8. The molecule has 1 aromatic heterocycles. The topological polar surface area (TPSA) is 40.5 Å². The number of anilines is 1. The van der Waals surface area contributed by atoms with E-state index in [1.165, 1.54) is 11.3 Å². The van der Waals surface area contributed by atoms with E-state index in [2.05, 4.69) is 0 Å². The lowest BCUT2D eigenvalue weighted by atomic mass is 9.82. The molecule has 1 heterocycles. The van der Waals surface area contributed by atoms with Gasteiger partial charge < -0.3 is 10.0 Å². The molecular weight excluding hydrogens is 270 g/mol. The molecule has 0 amide bonds. The molecule has 3 nitrogen and oxygen atoms in total. The molecule has 106 valence electrons. The lowest BCUT2D eigenvalue weighted by molar-refractivity contribution is -0.143. The van der Waals surface area contributed by atoms with E-state index in [4.69, 9.17) is 0 Å². The van der Waals surface area contributed by atoms with Crippen LogP contribution in [0.5, 0.6) is 0 Å². The maximum atomic E-state index is 11.7. The molecule has 0 spiro atoms. The van der Waals surface area contributed by atoms with Gasteiger partial charge in [-0.3, -0.25) is 4.79 Å². The molecule has 0 aliphatic heterocycles. The number of thiophene rings is 1. The molecule has 1 aromatic carbocycles. The standard InChI is InChI=1S/C16H19NO2S/c1-16(15(18)19,14-5-4-10-20-14)11-12-6-8-13(9-7-12)17(2)3/h4-10H,11H2,1-3H3,(H,18,19). The maximum absolute atomic E-state index is 11.7. The molecule has 1 N–H and O–H groups in total. The van der Waals surface area contributed by atoms with Crippen LogP contribution < -0.4 is 4.90 Å². The van der Waals surface area contributed by atoms with Crippen LogP contribution in [0.2, 0.25) is 0 Å². The maximum Gasteiger partial charge on any atom is 0.315 e. The molecule has 0 radical (unpaired) electrons. The fourth-order valence-corrected chi connectivity index (χ4v) is 3.06. The van der Waals surface area contributed by atoms with E-state index < -0.39 is 11.4 Å². The minimum Gasteiger partial charge on any atom is -0.481 e. The lowest BCUT2D eigenvalue weighted by Gasteiger charge is -2.24. The Bertz CT molecular complexity index is 575. The molecule has 0 aliphatic rings. The van der Waals surface area contributed by atoms with Gasteiger partial charge in [-0.05, 0) is 42.5 Å². The average molecular weight is 289 g/mol. The van der Waals surface area contributed by atoms with Gasteiger partial charge in [0.15, 0.2) is 0 Å². The predicted molar refractivity (Wildman–Crippen MR) is 83.8 cm³/mol. The SMILES string of the molecule is CN(C)c1ccc(CC(C)(C(=O)O)c2cccs2)cc1. The zero-order valence-corrected chi connectivity index (χ0v) is 12.8. The van der Waals surface area contributed by atoms with Crippen LogP contribution >= 0.6 is 11.3 Å². The Balaban J connectivity index is 2.27. The highest BCUT2D eigenvalue weighted by Gasteiger charge is 2.36. The van der Waals surface area contributed by atoms with Crippen molar-refractivity contribution >= 4 is 23.0 Å². The van der Waals surface area contributed by atoms with Gasteiger partial charge in [-0.2, -0.15) is 0 Å². The summed E-state index contributed by atoms with van der Waals surface area (Å²) >= 11 is 1.50. The molecule has 1 unspecified atom stereocenters. The summed E-state index contributed by atoms with van der Waals surface area (Å²) in [5.74, 6) is -0.781. The average Bonchev–Trinajstić information content (AvgIpc) is 2.93. The summed E-state index contributed by atoms with van der Waals surface area (Å²) < 4.78 is 0. The smallest absolute Gasteiger partial charge is 0.315 e. The fraction of sp³-hybridized carbons (Fsp3) is 0.312. The first-order valence-electron chi connectivity index (χ1n) is 6.47. The Morgan fingerprint density at radius 3 is 2.35 bits per heavy atom. The fourth-order valence-electron chi connectivity index (χ4n) is 2.18. The first kappa shape index (κ1) is 14.6. The first-order chi connectivity index (χ1) is 9.43. The van der Waals surface area contributed by atoms with Crippen LogP contribution in [-0.2, 0) is 16.6 Å². The molecule has 2 aromatic rings. The van der Waals surface area contributed by atoms with Crippen molar-refractivity contribution in [1.29, 1.82) is 0 Å². The third kappa shape index (κ3) is 2.85. The quantitative estimate of drug-likeness (QED) is 0.917. The minimum absolute atomic E-state index is 0.497. The Morgan fingerprint density at radius 1 is 1.25 bits per heavy atom. The number of rotatable bonds is 5. The zero-order chi connectivity index (χ0) is 14.8. The van der Waals surface area contributed by atoms with E-state index >= 15 is 0 Å². The highest BCUT2D eigenvalue weighted by Crippen LogP contribution is 2.32. The van der Waals surface area contributed by atoms with Crippen molar-refractivity contribution in [2.24, 2.45) is 0 Å². The van der Waals surface area contributed by atoms with Crippen molar-refractivity contribution in [2.45, 2.75) is 18.8 Å². The molecule has 0 saturated carbocycles. The third-order valence-electron chi connectivity index (χ3n) is 3.55. The Morgan fingerprint density at radius 2 is 1.90 bits per heavy atom. The molecule has 0 saturated heterocycles. The number of hydrogen-bond donors (Lipinski definition) is 1. The number of carboxylic acid groups (broad SMARTS) is 1. The summed E-state index contributed by atoms with van der Waals surface area (Å²) in [6.45, 7) is 1.79. The van der Waals surface area contributed by atoms with Gasteiger partial charge in [0.2, 0.25) is 0 Å². The number of nitrogens with zero attached hydrogens (tertiary/aromatic N) is 1. The van der Waals surface area contributed by atoms with E-state index in [0.717, 1.165) is 16.1 Å². The molecule has 2 rings (SSSR count). The Labute approximate surface area is 123 Å². The van der Waals surface area contributed by atoms with Gasteiger partial charge in [0.05, 0.1) is 0 Å². The van der Waals surface area contributed by atoms with Crippen LogP contribution in [0.1, 0.15) is 17.4 Å². The van der Waals surface area contributed by atoms with E-state index in [9.17, 15) is 9.90 Å². The van der Waals surface area contributed by atoms with Gasteiger partial charge in [-0.1, -0.05) is 18.2 Å². The van der Waals surface area contributed by atoms with Crippen LogP contribution in [0.15, 0.2) is 41.8 Å². The highest BCUT2D eigenvalue weighted by molar-refractivity contribution is 7.10. The lowest BCUT2D eigenvalue weighted by Crippen LogP contribution is -2.33. The summed E-state index contributed by atoms with van der Waals surface area (Å²) in [5, 5.41) is 11.5. The number of benzene rings is 1. The van der Waals surface area contributed by atoms with Crippen LogP contribution in [0.25, 0.3) is 0 Å². The van der Waals surface area contributed by atoms with Crippen molar-refractivity contribution in [3.8, 4) is 0 Å². The number of carbonyl (C=O) groups is 1. The van der Waals surface area contributed by atoms with Gasteiger partial charge in [0.25, 0.3) is 0 Å². The molecule has 20 heavy (non-hydrogen) atoms. The van der Waals surface area contributed by atoms with Crippen LogP contribution in [0.4, 0.5) is 5.69 Å². The second-order valence-electron chi connectivity index (χ2n) is 5.35. The van der Waals surface area contributed by atoms with Crippen molar-refractivity contribution in [3.63, 3.8) is 0 Å². The Kier molecular flexibility index (Phi) is 4.14. The van der Waals surface area contributed by atoms with E-state index in [0.29, 0.717) is 6.42 Å². The van der Waals surface area contributed by atoms with Crippen LogP contribution in [0.3, 0.4) is 0 Å². The van der Waals surface area contributed by atoms with Gasteiger partial charge in [0.1, 0.15) is 5.41 Å². The minimum atomic E-state index is -0.867. The van der Waals surface area contributed by atoms with E-state index in [-0.39, 0.29) is 0 Å². The second kappa shape index (κ2) is 5.67. The summed E-state index contributed by atoms with van der Waals surface area (Å²) in [5.41, 5.74) is 1.28. The monoisotopic (exact) mass is 289 g/mol.